The standard InChI is InChI=1S/C5H3NO2/c7-4-1-2-5(8)6-3-4/h1-3H. The third-order valence-electron chi connectivity index (χ3n) is 0.709. The van der Waals surface area contributed by atoms with Gasteiger partial charge < -0.3 is 0 Å². The fourth-order valence-corrected chi connectivity index (χ4v) is 0.367. The molecule has 0 aliphatic carbocycles. The third kappa shape index (κ3) is 0.872. The summed E-state index contributed by atoms with van der Waals surface area (Å²) < 4.78 is 0. The van der Waals surface area contributed by atoms with Gasteiger partial charge in [0.2, 0.25) is 0 Å². The van der Waals surface area contributed by atoms with E-state index < -0.39 is 0 Å². The lowest BCUT2D eigenvalue weighted by atomic mass is 10.3. The molecule has 0 aromatic heterocycles. The lowest BCUT2D eigenvalue weighted by Gasteiger charge is -1.87. The van der Waals surface area contributed by atoms with Gasteiger partial charge in [-0.25, -0.2) is 4.99 Å². The van der Waals surface area contributed by atoms with E-state index in [1.807, 2.05) is 0 Å². The van der Waals surface area contributed by atoms with E-state index in [4.69, 9.17) is 0 Å². The Morgan fingerprint density at radius 3 is 2.38 bits per heavy atom. The highest BCUT2D eigenvalue weighted by molar-refractivity contribution is 6.37. The van der Waals surface area contributed by atoms with Crippen molar-refractivity contribution in [2.75, 3.05) is 0 Å². The van der Waals surface area contributed by atoms with Crippen LogP contribution in [0.3, 0.4) is 0 Å². The first-order valence-electron chi connectivity index (χ1n) is 2.09. The lowest BCUT2D eigenvalue weighted by molar-refractivity contribution is -0.115. The zero-order valence-corrected chi connectivity index (χ0v) is 4.00. The Labute approximate surface area is 45.7 Å². The van der Waals surface area contributed by atoms with E-state index in [2.05, 4.69) is 4.99 Å². The van der Waals surface area contributed by atoms with E-state index in [1.54, 1.807) is 0 Å². The first kappa shape index (κ1) is 4.90. The molecule has 40 valence electrons. The minimum Gasteiger partial charge on any atom is -0.288 e. The fraction of sp³-hybridized carbons (Fsp3) is 0. The molecule has 0 radical (unpaired) electrons. The van der Waals surface area contributed by atoms with Crippen LogP contribution in [0.4, 0.5) is 0 Å². The molecule has 0 spiro atoms. The molecule has 0 N–H and O–H groups in total. The van der Waals surface area contributed by atoms with Gasteiger partial charge in [0.15, 0.2) is 5.78 Å². The molecule has 0 saturated heterocycles. The molecule has 0 fully saturated rings. The number of hydrogen-bond donors (Lipinski definition) is 0. The third-order valence-corrected chi connectivity index (χ3v) is 0.709. The van der Waals surface area contributed by atoms with Gasteiger partial charge in [-0.2, -0.15) is 0 Å². The molecule has 1 aliphatic rings. The normalized spacial score (nSPS) is 17.5. The van der Waals surface area contributed by atoms with Crippen LogP contribution in [0.25, 0.3) is 0 Å². The van der Waals surface area contributed by atoms with Crippen LogP contribution < -0.4 is 0 Å². The van der Waals surface area contributed by atoms with Gasteiger partial charge >= 0.3 is 0 Å². The summed E-state index contributed by atoms with van der Waals surface area (Å²) in [6.07, 6.45) is 3.33. The Hall–Kier alpha value is -1.25. The Kier molecular flexibility index (Phi) is 1.04. The number of nitrogens with zero attached hydrogens (tertiary/aromatic N) is 1. The van der Waals surface area contributed by atoms with E-state index in [1.165, 1.54) is 6.08 Å². The molecular weight excluding hydrogens is 106 g/mol. The number of dihydropyridines is 1. The van der Waals surface area contributed by atoms with Crippen LogP contribution in [-0.2, 0) is 9.59 Å². The van der Waals surface area contributed by atoms with Crippen molar-refractivity contribution in [1.29, 1.82) is 0 Å². The van der Waals surface area contributed by atoms with Crippen LogP contribution in [0.15, 0.2) is 17.1 Å². The number of carbonyl (C=O) groups is 2. The monoisotopic (exact) mass is 109 g/mol. The second-order valence-corrected chi connectivity index (χ2v) is 1.33. The predicted molar refractivity (Wildman–Crippen MR) is 27.6 cm³/mol. The SMILES string of the molecule is O=C1C=CC(=O)N=C1. The molecule has 0 atom stereocenters. The second-order valence-electron chi connectivity index (χ2n) is 1.33. The zero-order chi connectivity index (χ0) is 5.98. The summed E-state index contributed by atoms with van der Waals surface area (Å²) in [5, 5.41) is 0. The number of aliphatic imine (C=N–C) groups is 1. The van der Waals surface area contributed by atoms with Crippen LogP contribution in [0.2, 0.25) is 0 Å². The van der Waals surface area contributed by atoms with Crippen LogP contribution in [0.1, 0.15) is 0 Å². The lowest BCUT2D eigenvalue weighted by Crippen LogP contribution is -2.03. The summed E-state index contributed by atoms with van der Waals surface area (Å²) in [5.41, 5.74) is 0. The van der Waals surface area contributed by atoms with E-state index in [0.717, 1.165) is 12.3 Å². The summed E-state index contributed by atoms with van der Waals surface area (Å²) in [6.45, 7) is 0. The highest BCUT2D eigenvalue weighted by atomic mass is 16.2. The van der Waals surface area contributed by atoms with Crippen molar-refractivity contribution in [1.82, 2.24) is 0 Å². The van der Waals surface area contributed by atoms with Gasteiger partial charge in [0.05, 0.1) is 6.21 Å². The summed E-state index contributed by atoms with van der Waals surface area (Å²) in [7, 11) is 0. The van der Waals surface area contributed by atoms with Crippen molar-refractivity contribution >= 4 is 17.9 Å². The van der Waals surface area contributed by atoms with Crippen LogP contribution in [-0.4, -0.2) is 17.9 Å². The quantitative estimate of drug-likeness (QED) is 0.429. The van der Waals surface area contributed by atoms with Gasteiger partial charge in [0.1, 0.15) is 0 Å². The molecule has 1 heterocycles. The first-order valence-corrected chi connectivity index (χ1v) is 2.09. The van der Waals surface area contributed by atoms with Crippen LogP contribution in [0, 0.1) is 0 Å². The molecule has 0 bridgehead atoms. The van der Waals surface area contributed by atoms with E-state index >= 15 is 0 Å². The summed E-state index contributed by atoms with van der Waals surface area (Å²) >= 11 is 0. The zero-order valence-electron chi connectivity index (χ0n) is 4.00. The van der Waals surface area contributed by atoms with Gasteiger partial charge in [-0.3, -0.25) is 9.59 Å². The van der Waals surface area contributed by atoms with Gasteiger partial charge in [0, 0.05) is 6.08 Å². The van der Waals surface area contributed by atoms with Gasteiger partial charge in [0.25, 0.3) is 5.91 Å². The molecule has 1 aliphatic heterocycles. The Balaban J connectivity index is 2.83. The highest BCUT2D eigenvalue weighted by Crippen LogP contribution is 1.85. The van der Waals surface area contributed by atoms with Crippen molar-refractivity contribution in [3.8, 4) is 0 Å². The van der Waals surface area contributed by atoms with E-state index in [9.17, 15) is 9.59 Å². The maximum absolute atomic E-state index is 10.2. The largest absolute Gasteiger partial charge is 0.288 e. The minimum atomic E-state index is -0.371. The number of allylic oxidation sites excluding steroid dienone is 1. The fourth-order valence-electron chi connectivity index (χ4n) is 0.367. The van der Waals surface area contributed by atoms with Crippen molar-refractivity contribution in [2.24, 2.45) is 4.99 Å². The highest BCUT2D eigenvalue weighted by Gasteiger charge is 1.99. The molecular formula is C5H3NO2. The van der Waals surface area contributed by atoms with Crippen LogP contribution in [0.5, 0.6) is 0 Å². The average Bonchev–Trinajstić information content (AvgIpc) is 1.77. The number of ketones is 1. The number of carbonyl (C=O) groups excluding carboxylic acids is 2. The number of hydrogen-bond acceptors (Lipinski definition) is 2. The Morgan fingerprint density at radius 1 is 1.25 bits per heavy atom. The second kappa shape index (κ2) is 1.69. The maximum Gasteiger partial charge on any atom is 0.269 e. The predicted octanol–water partition coefficient (Wildman–Crippen LogP) is -0.277. The molecule has 8 heavy (non-hydrogen) atoms. The molecule has 3 nitrogen and oxygen atoms in total. The minimum absolute atomic E-state index is 0.232. The van der Waals surface area contributed by atoms with Crippen molar-refractivity contribution in [2.45, 2.75) is 0 Å². The molecule has 1 rings (SSSR count). The van der Waals surface area contributed by atoms with Gasteiger partial charge in [-0.05, 0) is 6.08 Å². The molecule has 0 unspecified atom stereocenters. The number of rotatable bonds is 0. The molecule has 0 aromatic rings. The Bertz CT molecular complexity index is 153. The molecule has 1 amide bonds. The first-order chi connectivity index (χ1) is 3.79. The van der Waals surface area contributed by atoms with E-state index in [0.29, 0.717) is 0 Å². The van der Waals surface area contributed by atoms with Crippen molar-refractivity contribution in [3.63, 3.8) is 0 Å². The smallest absolute Gasteiger partial charge is 0.269 e. The van der Waals surface area contributed by atoms with Crippen molar-refractivity contribution in [3.05, 3.63) is 12.2 Å². The average molecular weight is 109 g/mol. The number of amides is 1. The van der Waals surface area contributed by atoms with Crippen LogP contribution >= 0.6 is 0 Å². The summed E-state index contributed by atoms with van der Waals surface area (Å²) in [4.78, 5) is 23.6. The molecule has 0 saturated carbocycles. The molecule has 0 aromatic carbocycles. The van der Waals surface area contributed by atoms with Gasteiger partial charge in [-0.1, -0.05) is 0 Å². The van der Waals surface area contributed by atoms with E-state index in [-0.39, 0.29) is 11.7 Å². The summed E-state index contributed by atoms with van der Waals surface area (Å²) in [6, 6.07) is 0. The maximum atomic E-state index is 10.2. The summed E-state index contributed by atoms with van der Waals surface area (Å²) in [5.74, 6) is -0.603. The Morgan fingerprint density at radius 2 is 2.00 bits per heavy atom. The van der Waals surface area contributed by atoms with Crippen molar-refractivity contribution < 1.29 is 9.59 Å². The molecule has 3 heteroatoms. The topological polar surface area (TPSA) is 46.5 Å². The van der Waals surface area contributed by atoms with Gasteiger partial charge in [-0.15, -0.1) is 0 Å².